The standard InChI is InChI=1S/C26H27ClN4O5S/c27-22-11-10-20(16-24(22)37(34,35)31-12-14-36-15-13-31)30-25(32)18-28-23-9-5-4-8-21(23)26(33)29-17-19-6-2-1-3-7-19/h1-11,16,28H,12-15,17-18H2,(H,29,33)(H,30,32). The van der Waals surface area contributed by atoms with Gasteiger partial charge in [-0.1, -0.05) is 54.1 Å². The zero-order valence-corrected chi connectivity index (χ0v) is 21.5. The van der Waals surface area contributed by atoms with Crippen molar-refractivity contribution in [3.63, 3.8) is 0 Å². The Hall–Kier alpha value is -3.44. The minimum Gasteiger partial charge on any atom is -0.379 e. The van der Waals surface area contributed by atoms with Gasteiger partial charge in [0.25, 0.3) is 5.91 Å². The first-order chi connectivity index (χ1) is 17.8. The molecule has 0 radical (unpaired) electrons. The smallest absolute Gasteiger partial charge is 0.253 e. The van der Waals surface area contributed by atoms with Gasteiger partial charge in [-0.25, -0.2) is 8.42 Å². The van der Waals surface area contributed by atoms with Gasteiger partial charge in [-0.2, -0.15) is 4.31 Å². The lowest BCUT2D eigenvalue weighted by molar-refractivity contribution is -0.114. The van der Waals surface area contributed by atoms with E-state index >= 15 is 0 Å². The van der Waals surface area contributed by atoms with E-state index < -0.39 is 15.9 Å². The third-order valence-corrected chi connectivity index (χ3v) is 8.09. The van der Waals surface area contributed by atoms with Crippen molar-refractivity contribution in [2.75, 3.05) is 43.5 Å². The number of ether oxygens (including phenoxy) is 1. The predicted molar refractivity (Wildman–Crippen MR) is 142 cm³/mol. The van der Waals surface area contributed by atoms with Gasteiger partial charge in [-0.3, -0.25) is 9.59 Å². The Morgan fingerprint density at radius 1 is 0.946 bits per heavy atom. The monoisotopic (exact) mass is 542 g/mol. The van der Waals surface area contributed by atoms with Crippen LogP contribution in [0.4, 0.5) is 11.4 Å². The van der Waals surface area contributed by atoms with Gasteiger partial charge in [-0.05, 0) is 35.9 Å². The molecule has 3 aromatic carbocycles. The van der Waals surface area contributed by atoms with Gasteiger partial charge < -0.3 is 20.7 Å². The molecule has 1 aliphatic rings. The summed E-state index contributed by atoms with van der Waals surface area (Å²) < 4.78 is 32.6. The third kappa shape index (κ3) is 6.86. The van der Waals surface area contributed by atoms with Crippen LogP contribution in [-0.4, -0.2) is 57.4 Å². The Bertz CT molecular complexity index is 1360. The van der Waals surface area contributed by atoms with E-state index in [-0.39, 0.29) is 41.1 Å². The number of hydrogen-bond donors (Lipinski definition) is 3. The second-order valence-corrected chi connectivity index (χ2v) is 10.6. The van der Waals surface area contributed by atoms with Crippen LogP contribution in [0.1, 0.15) is 15.9 Å². The summed E-state index contributed by atoms with van der Waals surface area (Å²) in [4.78, 5) is 25.3. The van der Waals surface area contributed by atoms with Crippen molar-refractivity contribution in [1.29, 1.82) is 0 Å². The van der Waals surface area contributed by atoms with Gasteiger partial charge in [0.2, 0.25) is 15.9 Å². The van der Waals surface area contributed by atoms with E-state index in [1.807, 2.05) is 30.3 Å². The molecule has 0 spiro atoms. The average Bonchev–Trinajstić information content (AvgIpc) is 2.93. The fraction of sp³-hybridized carbons (Fsp3) is 0.231. The lowest BCUT2D eigenvalue weighted by Gasteiger charge is -2.26. The number of halogens is 1. The maximum Gasteiger partial charge on any atom is 0.253 e. The molecule has 1 heterocycles. The summed E-state index contributed by atoms with van der Waals surface area (Å²) in [7, 11) is -3.84. The first-order valence-corrected chi connectivity index (χ1v) is 13.5. The van der Waals surface area contributed by atoms with Crippen molar-refractivity contribution >= 4 is 44.8 Å². The first-order valence-electron chi connectivity index (χ1n) is 11.7. The van der Waals surface area contributed by atoms with Crippen LogP contribution in [0.15, 0.2) is 77.7 Å². The fourth-order valence-corrected chi connectivity index (χ4v) is 5.70. The van der Waals surface area contributed by atoms with E-state index in [0.29, 0.717) is 31.0 Å². The summed E-state index contributed by atoms with van der Waals surface area (Å²) in [6.45, 7) is 1.32. The number of morpholine rings is 1. The Kier molecular flexibility index (Phi) is 8.78. The molecule has 0 bridgehead atoms. The predicted octanol–water partition coefficient (Wildman–Crippen LogP) is 3.34. The minimum absolute atomic E-state index is 0.0676. The van der Waals surface area contributed by atoms with Gasteiger partial charge in [0.1, 0.15) is 4.90 Å². The maximum absolute atomic E-state index is 13.0. The minimum atomic E-state index is -3.84. The van der Waals surface area contributed by atoms with Crippen LogP contribution in [-0.2, 0) is 26.1 Å². The molecule has 2 amide bonds. The second kappa shape index (κ2) is 12.2. The van der Waals surface area contributed by atoms with Gasteiger partial charge >= 0.3 is 0 Å². The molecule has 0 unspecified atom stereocenters. The molecule has 11 heteroatoms. The molecule has 3 aromatic rings. The number of carbonyl (C=O) groups excluding carboxylic acids is 2. The van der Waals surface area contributed by atoms with Gasteiger partial charge in [0.05, 0.1) is 30.3 Å². The van der Waals surface area contributed by atoms with Gasteiger partial charge in [0.15, 0.2) is 0 Å². The molecule has 4 rings (SSSR count). The molecule has 0 aromatic heterocycles. The number of amides is 2. The van der Waals surface area contributed by atoms with Crippen molar-refractivity contribution in [3.05, 3.63) is 88.9 Å². The third-order valence-electron chi connectivity index (χ3n) is 5.71. The highest BCUT2D eigenvalue weighted by Gasteiger charge is 2.28. The number of anilines is 2. The molecule has 1 saturated heterocycles. The number of nitrogens with zero attached hydrogens (tertiary/aromatic N) is 1. The highest BCUT2D eigenvalue weighted by Crippen LogP contribution is 2.28. The maximum atomic E-state index is 13.0. The molecule has 0 atom stereocenters. The number of carbonyl (C=O) groups is 2. The lowest BCUT2D eigenvalue weighted by Crippen LogP contribution is -2.40. The quantitative estimate of drug-likeness (QED) is 0.382. The number of hydrogen-bond acceptors (Lipinski definition) is 6. The highest BCUT2D eigenvalue weighted by molar-refractivity contribution is 7.89. The van der Waals surface area contributed by atoms with Gasteiger partial charge in [-0.15, -0.1) is 0 Å². The molecule has 37 heavy (non-hydrogen) atoms. The SMILES string of the molecule is O=C(CNc1ccccc1C(=O)NCc1ccccc1)Nc1ccc(Cl)c(S(=O)(=O)N2CCOCC2)c1. The van der Waals surface area contributed by atoms with Crippen molar-refractivity contribution < 1.29 is 22.7 Å². The second-order valence-electron chi connectivity index (χ2n) is 8.28. The Balaban J connectivity index is 1.38. The summed E-state index contributed by atoms with van der Waals surface area (Å²) in [5.74, 6) is -0.695. The van der Waals surface area contributed by atoms with Crippen molar-refractivity contribution in [3.8, 4) is 0 Å². The fourth-order valence-electron chi connectivity index (χ4n) is 3.79. The molecule has 0 aliphatic carbocycles. The number of sulfonamides is 1. The number of rotatable bonds is 9. The molecule has 3 N–H and O–H groups in total. The average molecular weight is 543 g/mol. The summed E-state index contributed by atoms with van der Waals surface area (Å²) in [5, 5.41) is 8.61. The molecule has 1 aliphatic heterocycles. The number of para-hydroxylation sites is 1. The lowest BCUT2D eigenvalue weighted by atomic mass is 10.1. The van der Waals surface area contributed by atoms with Crippen LogP contribution in [0, 0.1) is 0 Å². The van der Waals surface area contributed by atoms with Crippen LogP contribution in [0.25, 0.3) is 0 Å². The summed E-state index contributed by atoms with van der Waals surface area (Å²) in [6.07, 6.45) is 0. The van der Waals surface area contributed by atoms with E-state index in [4.69, 9.17) is 16.3 Å². The molecular weight excluding hydrogens is 516 g/mol. The zero-order chi connectivity index (χ0) is 26.3. The number of nitrogens with one attached hydrogen (secondary N) is 3. The largest absolute Gasteiger partial charge is 0.379 e. The van der Waals surface area contributed by atoms with E-state index in [1.54, 1.807) is 24.3 Å². The molecule has 9 nitrogen and oxygen atoms in total. The Labute approximate surface area is 220 Å². The van der Waals surface area contributed by atoms with E-state index in [2.05, 4.69) is 16.0 Å². The van der Waals surface area contributed by atoms with Gasteiger partial charge in [0, 0.05) is 31.0 Å². The molecule has 194 valence electrons. The molecule has 1 fully saturated rings. The zero-order valence-electron chi connectivity index (χ0n) is 19.9. The van der Waals surface area contributed by atoms with E-state index in [9.17, 15) is 18.0 Å². The van der Waals surface area contributed by atoms with Crippen LogP contribution in [0.5, 0.6) is 0 Å². The van der Waals surface area contributed by atoms with Crippen LogP contribution < -0.4 is 16.0 Å². The van der Waals surface area contributed by atoms with Crippen LogP contribution >= 0.6 is 11.6 Å². The normalized spacial score (nSPS) is 14.1. The van der Waals surface area contributed by atoms with Crippen molar-refractivity contribution in [2.24, 2.45) is 0 Å². The van der Waals surface area contributed by atoms with Crippen LogP contribution in [0.3, 0.4) is 0 Å². The van der Waals surface area contributed by atoms with Crippen LogP contribution in [0.2, 0.25) is 5.02 Å². The van der Waals surface area contributed by atoms with E-state index in [1.165, 1.54) is 22.5 Å². The summed E-state index contributed by atoms with van der Waals surface area (Å²) in [5.41, 5.74) is 2.15. The summed E-state index contributed by atoms with van der Waals surface area (Å²) >= 11 is 6.19. The van der Waals surface area contributed by atoms with Crippen molar-refractivity contribution in [1.82, 2.24) is 9.62 Å². The first kappa shape index (κ1) is 26.6. The molecule has 0 saturated carbocycles. The highest BCUT2D eigenvalue weighted by atomic mass is 35.5. The van der Waals surface area contributed by atoms with Crippen molar-refractivity contribution in [2.45, 2.75) is 11.4 Å². The molecular formula is C26H27ClN4O5S. The van der Waals surface area contributed by atoms with E-state index in [0.717, 1.165) is 5.56 Å². The summed E-state index contributed by atoms with van der Waals surface area (Å²) in [6, 6.07) is 20.7. The topological polar surface area (TPSA) is 117 Å². The number of benzene rings is 3. The Morgan fingerprint density at radius 2 is 1.65 bits per heavy atom. The Morgan fingerprint density at radius 3 is 2.41 bits per heavy atom.